The molecule has 0 bridgehead atoms. The van der Waals surface area contributed by atoms with Gasteiger partial charge in [-0.25, -0.2) is 0 Å². The van der Waals surface area contributed by atoms with Crippen molar-refractivity contribution < 1.29 is 0 Å². The molecule has 1 fully saturated rings. The number of hydrogen-bond acceptors (Lipinski definition) is 2. The van der Waals surface area contributed by atoms with Crippen molar-refractivity contribution in [3.8, 4) is 0 Å². The van der Waals surface area contributed by atoms with Gasteiger partial charge in [-0.2, -0.15) is 0 Å². The molecule has 1 aliphatic rings. The molecule has 0 saturated carbocycles. The number of rotatable bonds is 1. The minimum atomic E-state index is 0.341. The third-order valence-corrected chi connectivity index (χ3v) is 3.11. The van der Waals surface area contributed by atoms with E-state index >= 15 is 0 Å². The van der Waals surface area contributed by atoms with Crippen molar-refractivity contribution >= 4 is 5.69 Å². The maximum absolute atomic E-state index is 6.05. The SMILES string of the molecule is Cc1ccc(N2CCCCC(N)C2)cc1. The highest BCUT2D eigenvalue weighted by atomic mass is 15.1. The Morgan fingerprint density at radius 2 is 1.93 bits per heavy atom. The molecule has 1 aromatic rings. The van der Waals surface area contributed by atoms with E-state index in [4.69, 9.17) is 5.73 Å². The third-order valence-electron chi connectivity index (χ3n) is 3.11. The van der Waals surface area contributed by atoms with Crippen molar-refractivity contribution in [1.29, 1.82) is 0 Å². The molecule has 1 aliphatic heterocycles. The normalized spacial score (nSPS) is 22.5. The van der Waals surface area contributed by atoms with Crippen LogP contribution in [0.5, 0.6) is 0 Å². The van der Waals surface area contributed by atoms with Crippen molar-refractivity contribution in [2.45, 2.75) is 32.2 Å². The maximum Gasteiger partial charge on any atom is 0.0366 e. The molecular formula is C13H20N2. The van der Waals surface area contributed by atoms with E-state index in [9.17, 15) is 0 Å². The second-order valence-electron chi connectivity index (χ2n) is 4.54. The molecule has 0 aliphatic carbocycles. The lowest BCUT2D eigenvalue weighted by Crippen LogP contribution is -2.35. The van der Waals surface area contributed by atoms with E-state index in [1.54, 1.807) is 0 Å². The van der Waals surface area contributed by atoms with Crippen LogP contribution in [0.2, 0.25) is 0 Å². The quantitative estimate of drug-likeness (QED) is 0.760. The largest absolute Gasteiger partial charge is 0.370 e. The summed E-state index contributed by atoms with van der Waals surface area (Å²) < 4.78 is 0. The number of nitrogens with zero attached hydrogens (tertiary/aromatic N) is 1. The topological polar surface area (TPSA) is 29.3 Å². The van der Waals surface area contributed by atoms with Crippen LogP contribution in [0.4, 0.5) is 5.69 Å². The van der Waals surface area contributed by atoms with Crippen molar-refractivity contribution in [3.63, 3.8) is 0 Å². The fourth-order valence-electron chi connectivity index (χ4n) is 2.16. The van der Waals surface area contributed by atoms with E-state index < -0.39 is 0 Å². The molecule has 0 aromatic heterocycles. The first kappa shape index (κ1) is 10.5. The molecule has 1 saturated heterocycles. The number of anilines is 1. The van der Waals surface area contributed by atoms with Crippen LogP contribution in [0.15, 0.2) is 24.3 Å². The summed E-state index contributed by atoms with van der Waals surface area (Å²) in [5.41, 5.74) is 8.69. The molecule has 82 valence electrons. The molecular weight excluding hydrogens is 184 g/mol. The van der Waals surface area contributed by atoms with E-state index in [-0.39, 0.29) is 0 Å². The summed E-state index contributed by atoms with van der Waals surface area (Å²) in [5, 5.41) is 0. The Morgan fingerprint density at radius 1 is 1.20 bits per heavy atom. The first-order chi connectivity index (χ1) is 7.25. The van der Waals surface area contributed by atoms with Crippen molar-refractivity contribution in [2.75, 3.05) is 18.0 Å². The van der Waals surface area contributed by atoms with Gasteiger partial charge in [0.1, 0.15) is 0 Å². The highest BCUT2D eigenvalue weighted by Gasteiger charge is 2.14. The molecule has 2 N–H and O–H groups in total. The fourth-order valence-corrected chi connectivity index (χ4v) is 2.16. The smallest absolute Gasteiger partial charge is 0.0366 e. The molecule has 0 radical (unpaired) electrons. The van der Waals surface area contributed by atoms with Crippen molar-refractivity contribution in [3.05, 3.63) is 29.8 Å². The van der Waals surface area contributed by atoms with Crippen LogP contribution in [-0.4, -0.2) is 19.1 Å². The molecule has 1 unspecified atom stereocenters. The van der Waals surface area contributed by atoms with E-state index in [0.29, 0.717) is 6.04 Å². The lowest BCUT2D eigenvalue weighted by Gasteiger charge is -2.24. The summed E-state index contributed by atoms with van der Waals surface area (Å²) in [6, 6.07) is 9.09. The Morgan fingerprint density at radius 3 is 2.67 bits per heavy atom. The van der Waals surface area contributed by atoms with Gasteiger partial charge in [0.2, 0.25) is 0 Å². The van der Waals surface area contributed by atoms with Crippen molar-refractivity contribution in [1.82, 2.24) is 0 Å². The Hall–Kier alpha value is -1.02. The van der Waals surface area contributed by atoms with Crippen LogP contribution in [0, 0.1) is 6.92 Å². The van der Waals surface area contributed by atoms with E-state index in [1.807, 2.05) is 0 Å². The second-order valence-corrected chi connectivity index (χ2v) is 4.54. The van der Waals surface area contributed by atoms with E-state index in [0.717, 1.165) is 13.1 Å². The molecule has 15 heavy (non-hydrogen) atoms. The van der Waals surface area contributed by atoms with Gasteiger partial charge in [-0.1, -0.05) is 24.1 Å². The summed E-state index contributed by atoms with van der Waals surface area (Å²) in [4.78, 5) is 2.41. The summed E-state index contributed by atoms with van der Waals surface area (Å²) in [7, 11) is 0. The van der Waals surface area contributed by atoms with Gasteiger partial charge >= 0.3 is 0 Å². The zero-order chi connectivity index (χ0) is 10.7. The minimum absolute atomic E-state index is 0.341. The Labute approximate surface area is 92.1 Å². The first-order valence-corrected chi connectivity index (χ1v) is 5.83. The van der Waals surface area contributed by atoms with Crippen LogP contribution < -0.4 is 10.6 Å². The highest BCUT2D eigenvalue weighted by Crippen LogP contribution is 2.19. The predicted octanol–water partition coefficient (Wildman–Crippen LogP) is 2.31. The fraction of sp³-hybridized carbons (Fsp3) is 0.538. The van der Waals surface area contributed by atoms with Crippen LogP contribution in [0.3, 0.4) is 0 Å². The van der Waals surface area contributed by atoms with Gasteiger partial charge in [0.15, 0.2) is 0 Å². The number of hydrogen-bond donors (Lipinski definition) is 1. The molecule has 1 aromatic carbocycles. The van der Waals surface area contributed by atoms with E-state index in [1.165, 1.54) is 30.5 Å². The maximum atomic E-state index is 6.05. The molecule has 1 atom stereocenters. The van der Waals surface area contributed by atoms with Crippen LogP contribution in [0.25, 0.3) is 0 Å². The van der Waals surface area contributed by atoms with Gasteiger partial charge in [0, 0.05) is 24.8 Å². The lowest BCUT2D eigenvalue weighted by atomic mass is 10.1. The highest BCUT2D eigenvalue weighted by molar-refractivity contribution is 5.47. The Kier molecular flexibility index (Phi) is 3.27. The molecule has 2 rings (SSSR count). The van der Waals surface area contributed by atoms with Crippen molar-refractivity contribution in [2.24, 2.45) is 5.73 Å². The zero-order valence-corrected chi connectivity index (χ0v) is 9.45. The Bertz CT molecular complexity index is 305. The molecule has 0 amide bonds. The molecule has 2 nitrogen and oxygen atoms in total. The summed E-state index contributed by atoms with van der Waals surface area (Å²) in [6.07, 6.45) is 3.70. The first-order valence-electron chi connectivity index (χ1n) is 5.83. The lowest BCUT2D eigenvalue weighted by molar-refractivity contribution is 0.621. The summed E-state index contributed by atoms with van der Waals surface area (Å²) in [6.45, 7) is 4.28. The zero-order valence-electron chi connectivity index (χ0n) is 9.45. The van der Waals surface area contributed by atoms with Gasteiger partial charge in [0.05, 0.1) is 0 Å². The molecule has 0 spiro atoms. The monoisotopic (exact) mass is 204 g/mol. The summed E-state index contributed by atoms with van der Waals surface area (Å²) >= 11 is 0. The second kappa shape index (κ2) is 4.67. The minimum Gasteiger partial charge on any atom is -0.370 e. The Balaban J connectivity index is 2.11. The standard InChI is InChI=1S/C13H20N2/c1-11-5-7-13(8-6-11)15-9-3-2-4-12(14)10-15/h5-8,12H,2-4,9-10,14H2,1H3. The van der Waals surface area contributed by atoms with Gasteiger partial charge in [-0.3, -0.25) is 0 Å². The number of nitrogens with two attached hydrogens (primary N) is 1. The van der Waals surface area contributed by atoms with Crippen LogP contribution in [0.1, 0.15) is 24.8 Å². The van der Waals surface area contributed by atoms with Gasteiger partial charge in [-0.05, 0) is 31.9 Å². The number of benzene rings is 1. The summed E-state index contributed by atoms with van der Waals surface area (Å²) in [5.74, 6) is 0. The molecule has 2 heteroatoms. The third kappa shape index (κ3) is 2.72. The van der Waals surface area contributed by atoms with Gasteiger partial charge in [0.25, 0.3) is 0 Å². The van der Waals surface area contributed by atoms with Gasteiger partial charge < -0.3 is 10.6 Å². The van der Waals surface area contributed by atoms with E-state index in [2.05, 4.69) is 36.1 Å². The average molecular weight is 204 g/mol. The van der Waals surface area contributed by atoms with Crippen LogP contribution >= 0.6 is 0 Å². The average Bonchev–Trinajstić information content (AvgIpc) is 2.44. The van der Waals surface area contributed by atoms with Crippen LogP contribution in [-0.2, 0) is 0 Å². The molecule has 1 heterocycles. The predicted molar refractivity (Wildman–Crippen MR) is 65.2 cm³/mol. The van der Waals surface area contributed by atoms with Gasteiger partial charge in [-0.15, -0.1) is 0 Å². The number of aryl methyl sites for hydroxylation is 1.